The van der Waals surface area contributed by atoms with Crippen molar-refractivity contribution in [2.24, 2.45) is 0 Å². The molecule has 1 rings (SSSR count). The van der Waals surface area contributed by atoms with Gasteiger partial charge in [-0.1, -0.05) is 6.92 Å². The molecule has 0 radical (unpaired) electrons. The molecule has 0 saturated carbocycles. The van der Waals surface area contributed by atoms with E-state index in [0.29, 0.717) is 35.7 Å². The number of methoxy groups -OCH3 is 1. The molecule has 0 bridgehead atoms. The highest BCUT2D eigenvalue weighted by Gasteiger charge is 2.21. The standard InChI is InChI=1S/C12H17N3O2S/c1-4-9(16)11-10(14)8(7-13)12(18-11)15(2)5-6-17-3/h4-6,14H2,1-3H3. The van der Waals surface area contributed by atoms with E-state index in [1.165, 1.54) is 11.3 Å². The summed E-state index contributed by atoms with van der Waals surface area (Å²) in [7, 11) is 3.47. The zero-order valence-corrected chi connectivity index (χ0v) is 11.6. The van der Waals surface area contributed by atoms with Gasteiger partial charge in [-0.25, -0.2) is 0 Å². The summed E-state index contributed by atoms with van der Waals surface area (Å²) >= 11 is 1.28. The maximum Gasteiger partial charge on any atom is 0.174 e. The number of Topliss-reactive ketones (excluding diaryl/α,β-unsaturated/α-hetero) is 1. The lowest BCUT2D eigenvalue weighted by atomic mass is 10.2. The van der Waals surface area contributed by atoms with Crippen molar-refractivity contribution in [1.29, 1.82) is 5.26 Å². The molecule has 0 amide bonds. The maximum atomic E-state index is 11.7. The molecule has 0 saturated heterocycles. The van der Waals surface area contributed by atoms with E-state index >= 15 is 0 Å². The van der Waals surface area contributed by atoms with Crippen molar-refractivity contribution in [1.82, 2.24) is 0 Å². The molecule has 0 unspecified atom stereocenters. The fourth-order valence-electron chi connectivity index (χ4n) is 1.51. The number of nitriles is 1. The van der Waals surface area contributed by atoms with Crippen LogP contribution in [0.15, 0.2) is 0 Å². The van der Waals surface area contributed by atoms with Gasteiger partial charge in [0.15, 0.2) is 5.78 Å². The van der Waals surface area contributed by atoms with Crippen LogP contribution in [0, 0.1) is 11.3 Å². The van der Waals surface area contributed by atoms with Crippen molar-refractivity contribution in [2.45, 2.75) is 13.3 Å². The number of carbonyl (C=O) groups excluding carboxylic acids is 1. The summed E-state index contributed by atoms with van der Waals surface area (Å²) < 4.78 is 5.00. The second-order valence-electron chi connectivity index (χ2n) is 3.83. The number of hydrogen-bond donors (Lipinski definition) is 1. The summed E-state index contributed by atoms with van der Waals surface area (Å²) in [6.45, 7) is 2.98. The first-order chi connectivity index (χ1) is 8.56. The van der Waals surface area contributed by atoms with Gasteiger partial charge in [0.25, 0.3) is 0 Å². The molecule has 5 nitrogen and oxygen atoms in total. The maximum absolute atomic E-state index is 11.7. The van der Waals surface area contributed by atoms with Crippen LogP contribution in [0.25, 0.3) is 0 Å². The molecule has 2 N–H and O–H groups in total. The largest absolute Gasteiger partial charge is 0.396 e. The molecule has 0 spiro atoms. The SMILES string of the molecule is CCC(=O)c1sc(N(C)CCOC)c(C#N)c1N. The van der Waals surface area contributed by atoms with Crippen molar-refractivity contribution in [3.05, 3.63) is 10.4 Å². The van der Waals surface area contributed by atoms with Crippen molar-refractivity contribution >= 4 is 27.8 Å². The monoisotopic (exact) mass is 267 g/mol. The van der Waals surface area contributed by atoms with Gasteiger partial charge in [0.05, 0.1) is 17.2 Å². The summed E-state index contributed by atoms with van der Waals surface area (Å²) in [5.74, 6) is -0.0274. The van der Waals surface area contributed by atoms with E-state index in [0.717, 1.165) is 5.00 Å². The first kappa shape index (κ1) is 14.5. The molecule has 0 aliphatic carbocycles. The molecule has 18 heavy (non-hydrogen) atoms. The summed E-state index contributed by atoms with van der Waals surface area (Å²) in [6.07, 6.45) is 0.386. The van der Waals surface area contributed by atoms with Gasteiger partial charge in [-0.05, 0) is 0 Å². The number of thiophene rings is 1. The van der Waals surface area contributed by atoms with E-state index in [-0.39, 0.29) is 5.78 Å². The minimum atomic E-state index is -0.0274. The Morgan fingerprint density at radius 2 is 2.28 bits per heavy atom. The van der Waals surface area contributed by atoms with E-state index in [1.54, 1.807) is 14.0 Å². The molecular weight excluding hydrogens is 250 g/mol. The topological polar surface area (TPSA) is 79.3 Å². The molecule has 0 aliphatic heterocycles. The average molecular weight is 267 g/mol. The smallest absolute Gasteiger partial charge is 0.174 e. The zero-order chi connectivity index (χ0) is 13.7. The number of ketones is 1. The highest BCUT2D eigenvalue weighted by molar-refractivity contribution is 7.19. The summed E-state index contributed by atoms with van der Waals surface area (Å²) in [5.41, 5.74) is 6.55. The number of nitrogens with two attached hydrogens (primary N) is 1. The highest BCUT2D eigenvalue weighted by Crippen LogP contribution is 2.37. The van der Waals surface area contributed by atoms with Crippen LogP contribution in [0.1, 0.15) is 28.6 Å². The van der Waals surface area contributed by atoms with Gasteiger partial charge >= 0.3 is 0 Å². The molecule has 0 aromatic carbocycles. The van der Waals surface area contributed by atoms with Crippen molar-refractivity contribution in [3.8, 4) is 6.07 Å². The van der Waals surface area contributed by atoms with Gasteiger partial charge in [0.1, 0.15) is 16.6 Å². The Morgan fingerprint density at radius 1 is 1.61 bits per heavy atom. The van der Waals surface area contributed by atoms with E-state index in [4.69, 9.17) is 15.7 Å². The number of likely N-dealkylation sites (N-methyl/N-ethyl adjacent to an activating group) is 1. The van der Waals surface area contributed by atoms with Crippen LogP contribution in [0.3, 0.4) is 0 Å². The third kappa shape index (κ3) is 2.81. The fourth-order valence-corrected chi connectivity index (χ4v) is 2.67. The van der Waals surface area contributed by atoms with Crippen LogP contribution < -0.4 is 10.6 Å². The fraction of sp³-hybridized carbons (Fsp3) is 0.500. The Balaban J connectivity index is 3.12. The number of carbonyl (C=O) groups is 1. The van der Waals surface area contributed by atoms with Crippen molar-refractivity contribution < 1.29 is 9.53 Å². The van der Waals surface area contributed by atoms with Crippen molar-refractivity contribution in [3.63, 3.8) is 0 Å². The van der Waals surface area contributed by atoms with E-state index in [1.807, 2.05) is 11.9 Å². The van der Waals surface area contributed by atoms with Crippen LogP contribution in [0.5, 0.6) is 0 Å². The molecule has 1 aromatic rings. The number of nitrogens with zero attached hydrogens (tertiary/aromatic N) is 2. The predicted molar refractivity (Wildman–Crippen MR) is 73.2 cm³/mol. The van der Waals surface area contributed by atoms with E-state index in [9.17, 15) is 4.79 Å². The molecule has 0 fully saturated rings. The first-order valence-corrected chi connectivity index (χ1v) is 6.44. The molecule has 0 aliphatic rings. The average Bonchev–Trinajstić information content (AvgIpc) is 2.72. The van der Waals surface area contributed by atoms with Gasteiger partial charge in [0, 0.05) is 27.1 Å². The van der Waals surface area contributed by atoms with Gasteiger partial charge < -0.3 is 15.4 Å². The first-order valence-electron chi connectivity index (χ1n) is 5.62. The number of rotatable bonds is 6. The number of ether oxygens (including phenoxy) is 1. The van der Waals surface area contributed by atoms with Gasteiger partial charge in [-0.15, -0.1) is 11.3 Å². The molecule has 0 atom stereocenters. The summed E-state index contributed by atoms with van der Waals surface area (Å²) in [6, 6.07) is 2.07. The predicted octanol–water partition coefficient (Wildman–Crippen LogP) is 1.88. The Bertz CT molecular complexity index is 476. The molecule has 6 heteroatoms. The number of anilines is 2. The molecule has 1 heterocycles. The number of nitrogen functional groups attached to an aromatic ring is 1. The third-order valence-electron chi connectivity index (χ3n) is 2.59. The Morgan fingerprint density at radius 3 is 2.78 bits per heavy atom. The number of hydrogen-bond acceptors (Lipinski definition) is 6. The lowest BCUT2D eigenvalue weighted by Gasteiger charge is -2.16. The zero-order valence-electron chi connectivity index (χ0n) is 10.8. The highest BCUT2D eigenvalue weighted by atomic mass is 32.1. The van der Waals surface area contributed by atoms with E-state index < -0.39 is 0 Å². The summed E-state index contributed by atoms with van der Waals surface area (Å²) in [5, 5.41) is 9.87. The van der Waals surface area contributed by atoms with Crippen LogP contribution in [0.4, 0.5) is 10.7 Å². The summed E-state index contributed by atoms with van der Waals surface area (Å²) in [4.78, 5) is 14.1. The minimum absolute atomic E-state index is 0.0274. The van der Waals surface area contributed by atoms with Crippen LogP contribution in [-0.4, -0.2) is 33.1 Å². The molecule has 98 valence electrons. The van der Waals surface area contributed by atoms with Gasteiger partial charge in [0.2, 0.25) is 0 Å². The quantitative estimate of drug-likeness (QED) is 0.796. The van der Waals surface area contributed by atoms with Gasteiger partial charge in [-0.3, -0.25) is 4.79 Å². The third-order valence-corrected chi connectivity index (χ3v) is 3.95. The minimum Gasteiger partial charge on any atom is -0.396 e. The second kappa shape index (κ2) is 6.38. The Kier molecular flexibility index (Phi) is 5.13. The Hall–Kier alpha value is -1.58. The van der Waals surface area contributed by atoms with Gasteiger partial charge in [-0.2, -0.15) is 5.26 Å². The van der Waals surface area contributed by atoms with Crippen LogP contribution in [0.2, 0.25) is 0 Å². The lowest BCUT2D eigenvalue weighted by Crippen LogP contribution is -2.21. The van der Waals surface area contributed by atoms with Crippen LogP contribution in [-0.2, 0) is 4.74 Å². The van der Waals surface area contributed by atoms with E-state index in [2.05, 4.69) is 6.07 Å². The second-order valence-corrected chi connectivity index (χ2v) is 4.83. The van der Waals surface area contributed by atoms with Crippen LogP contribution >= 0.6 is 11.3 Å². The Labute approximate surface area is 111 Å². The van der Waals surface area contributed by atoms with Crippen molar-refractivity contribution in [2.75, 3.05) is 37.9 Å². The lowest BCUT2D eigenvalue weighted by molar-refractivity contribution is 0.0993. The normalized spacial score (nSPS) is 10.1. The molecular formula is C12H17N3O2S. The molecule has 1 aromatic heterocycles.